The van der Waals surface area contributed by atoms with Gasteiger partial charge in [-0.05, 0) is 104 Å². The van der Waals surface area contributed by atoms with Gasteiger partial charge >= 0.3 is 0 Å². The predicted molar refractivity (Wildman–Crippen MR) is 128 cm³/mol. The first-order valence-corrected chi connectivity index (χ1v) is 13.2. The van der Waals surface area contributed by atoms with Crippen LogP contribution in [0.15, 0.2) is 24.3 Å². The zero-order chi connectivity index (χ0) is 21.7. The molecule has 4 fully saturated rings. The molecular formula is C29H48O. The third-order valence-corrected chi connectivity index (χ3v) is 11.1. The molecule has 1 unspecified atom stereocenters. The van der Waals surface area contributed by atoms with E-state index in [-0.39, 0.29) is 11.0 Å². The molecule has 0 radical (unpaired) electrons. The minimum absolute atomic E-state index is 0.179. The standard InChI is InChI=1S/C29H48O/c1-7-22(20(2)3)11-10-21(4)24-12-13-25-23-14-19-29(30)17-9-8-16-28(29,6)26(23)15-18-27(24,25)5/h7,11,20-21,23-26,30H,1,8-10,12-19H2,2-6H3/t21-,23+,24-,25+,26+,27-,28-,29?/m1/s1. The highest BCUT2D eigenvalue weighted by Crippen LogP contribution is 2.69. The number of rotatable bonds is 5. The molecule has 1 N–H and O–H groups in total. The monoisotopic (exact) mass is 412 g/mol. The summed E-state index contributed by atoms with van der Waals surface area (Å²) in [5.74, 6) is 4.71. The first-order chi connectivity index (χ1) is 14.2. The SMILES string of the molecule is C=CC(=CC[C@@H](C)[C@H]1CC[C@H]2[C@@H]3CCC4(O)CCCC[C@]4(C)[C@H]3CC[C@]12C)C(C)C. The van der Waals surface area contributed by atoms with Crippen LogP contribution in [0.1, 0.15) is 105 Å². The fraction of sp³-hybridized carbons (Fsp3) is 0.862. The van der Waals surface area contributed by atoms with Gasteiger partial charge in [0.2, 0.25) is 0 Å². The Kier molecular flexibility index (Phi) is 6.10. The normalized spacial score (nSPS) is 47.4. The Morgan fingerprint density at radius 3 is 2.40 bits per heavy atom. The smallest absolute Gasteiger partial charge is 0.0703 e. The van der Waals surface area contributed by atoms with Crippen molar-refractivity contribution >= 4 is 0 Å². The molecule has 0 aromatic heterocycles. The van der Waals surface area contributed by atoms with Gasteiger partial charge in [0.1, 0.15) is 0 Å². The lowest BCUT2D eigenvalue weighted by Gasteiger charge is -2.63. The second kappa shape index (κ2) is 8.09. The van der Waals surface area contributed by atoms with Crippen molar-refractivity contribution in [3.63, 3.8) is 0 Å². The molecule has 0 aromatic rings. The molecule has 170 valence electrons. The molecule has 0 saturated heterocycles. The molecule has 1 heteroatoms. The molecule has 0 amide bonds. The molecule has 4 aliphatic rings. The van der Waals surface area contributed by atoms with Crippen LogP contribution in [0.3, 0.4) is 0 Å². The van der Waals surface area contributed by atoms with E-state index in [1.165, 1.54) is 63.4 Å². The summed E-state index contributed by atoms with van der Waals surface area (Å²) in [5.41, 5.74) is 1.75. The molecular weight excluding hydrogens is 364 g/mol. The van der Waals surface area contributed by atoms with Gasteiger partial charge in [-0.15, -0.1) is 0 Å². The van der Waals surface area contributed by atoms with E-state index in [4.69, 9.17) is 0 Å². The Bertz CT molecular complexity index is 676. The summed E-state index contributed by atoms with van der Waals surface area (Å²) in [6.07, 6.45) is 18.6. The van der Waals surface area contributed by atoms with Gasteiger partial charge in [-0.1, -0.05) is 71.8 Å². The highest BCUT2D eigenvalue weighted by molar-refractivity contribution is 5.19. The van der Waals surface area contributed by atoms with Crippen LogP contribution in [0.2, 0.25) is 0 Å². The number of aliphatic hydroxyl groups is 1. The van der Waals surface area contributed by atoms with Crippen molar-refractivity contribution in [2.45, 2.75) is 111 Å². The van der Waals surface area contributed by atoms with Gasteiger partial charge in [-0.3, -0.25) is 0 Å². The molecule has 0 bridgehead atoms. The van der Waals surface area contributed by atoms with Crippen LogP contribution in [0.4, 0.5) is 0 Å². The quantitative estimate of drug-likeness (QED) is 0.454. The molecule has 0 spiro atoms. The molecule has 0 aliphatic heterocycles. The fourth-order valence-corrected chi connectivity index (χ4v) is 9.27. The highest BCUT2D eigenvalue weighted by atomic mass is 16.3. The summed E-state index contributed by atoms with van der Waals surface area (Å²) in [4.78, 5) is 0. The van der Waals surface area contributed by atoms with Crippen LogP contribution in [0.5, 0.6) is 0 Å². The lowest BCUT2D eigenvalue weighted by atomic mass is 9.43. The van der Waals surface area contributed by atoms with Crippen molar-refractivity contribution in [2.24, 2.45) is 46.3 Å². The van der Waals surface area contributed by atoms with Crippen molar-refractivity contribution in [3.05, 3.63) is 24.3 Å². The largest absolute Gasteiger partial charge is 0.389 e. The van der Waals surface area contributed by atoms with E-state index in [0.29, 0.717) is 11.3 Å². The number of hydrogen-bond donors (Lipinski definition) is 1. The van der Waals surface area contributed by atoms with Gasteiger partial charge in [0.25, 0.3) is 0 Å². The maximum absolute atomic E-state index is 11.6. The second-order valence-corrected chi connectivity index (χ2v) is 12.6. The highest BCUT2D eigenvalue weighted by Gasteiger charge is 2.63. The molecule has 4 aliphatic carbocycles. The third kappa shape index (κ3) is 3.37. The van der Waals surface area contributed by atoms with E-state index < -0.39 is 0 Å². The van der Waals surface area contributed by atoms with Gasteiger partial charge in [0.05, 0.1) is 5.60 Å². The zero-order valence-corrected chi connectivity index (χ0v) is 20.6. The molecule has 1 nitrogen and oxygen atoms in total. The van der Waals surface area contributed by atoms with Crippen molar-refractivity contribution in [3.8, 4) is 0 Å². The molecule has 30 heavy (non-hydrogen) atoms. The average Bonchev–Trinajstić information content (AvgIpc) is 3.05. The van der Waals surface area contributed by atoms with Gasteiger partial charge in [-0.2, -0.15) is 0 Å². The Balaban J connectivity index is 1.52. The first-order valence-electron chi connectivity index (χ1n) is 13.2. The summed E-state index contributed by atoms with van der Waals surface area (Å²) < 4.78 is 0. The summed E-state index contributed by atoms with van der Waals surface area (Å²) in [6.45, 7) is 16.3. The van der Waals surface area contributed by atoms with E-state index in [9.17, 15) is 5.11 Å². The van der Waals surface area contributed by atoms with Crippen LogP contribution < -0.4 is 0 Å². The fourth-order valence-electron chi connectivity index (χ4n) is 9.27. The minimum atomic E-state index is -0.367. The van der Waals surface area contributed by atoms with Crippen molar-refractivity contribution in [1.29, 1.82) is 0 Å². The Hall–Kier alpha value is -0.560. The first kappa shape index (κ1) is 22.6. The third-order valence-electron chi connectivity index (χ3n) is 11.1. The number of fused-ring (bicyclic) bond motifs is 5. The van der Waals surface area contributed by atoms with E-state index >= 15 is 0 Å². The van der Waals surface area contributed by atoms with Crippen molar-refractivity contribution in [1.82, 2.24) is 0 Å². The van der Waals surface area contributed by atoms with Crippen LogP contribution >= 0.6 is 0 Å². The number of allylic oxidation sites excluding steroid dienone is 3. The van der Waals surface area contributed by atoms with Gasteiger partial charge in [0, 0.05) is 0 Å². The summed E-state index contributed by atoms with van der Waals surface area (Å²) in [6, 6.07) is 0. The predicted octanol–water partition coefficient (Wildman–Crippen LogP) is 7.94. The Morgan fingerprint density at radius 1 is 0.967 bits per heavy atom. The van der Waals surface area contributed by atoms with E-state index in [0.717, 1.165) is 42.4 Å². The van der Waals surface area contributed by atoms with Gasteiger partial charge < -0.3 is 5.11 Å². The average molecular weight is 413 g/mol. The lowest BCUT2D eigenvalue weighted by molar-refractivity contribution is -0.205. The molecule has 4 rings (SSSR count). The van der Waals surface area contributed by atoms with E-state index in [1.54, 1.807) is 0 Å². The topological polar surface area (TPSA) is 20.2 Å². The van der Waals surface area contributed by atoms with Crippen LogP contribution in [0, 0.1) is 46.3 Å². The van der Waals surface area contributed by atoms with Crippen LogP contribution in [-0.4, -0.2) is 10.7 Å². The Morgan fingerprint density at radius 2 is 1.70 bits per heavy atom. The summed E-state index contributed by atoms with van der Waals surface area (Å²) in [7, 11) is 0. The Labute approximate surface area is 186 Å². The van der Waals surface area contributed by atoms with Crippen LogP contribution in [-0.2, 0) is 0 Å². The molecule has 0 heterocycles. The molecule has 8 atom stereocenters. The van der Waals surface area contributed by atoms with Gasteiger partial charge in [-0.25, -0.2) is 0 Å². The lowest BCUT2D eigenvalue weighted by Crippen LogP contribution is -2.61. The van der Waals surface area contributed by atoms with Crippen LogP contribution in [0.25, 0.3) is 0 Å². The maximum Gasteiger partial charge on any atom is 0.0703 e. The van der Waals surface area contributed by atoms with Crippen molar-refractivity contribution in [2.75, 3.05) is 0 Å². The summed E-state index contributed by atoms with van der Waals surface area (Å²) in [5, 5.41) is 11.6. The van der Waals surface area contributed by atoms with Gasteiger partial charge in [0.15, 0.2) is 0 Å². The van der Waals surface area contributed by atoms with E-state index in [2.05, 4.69) is 53.3 Å². The van der Waals surface area contributed by atoms with E-state index in [1.807, 2.05) is 0 Å². The maximum atomic E-state index is 11.6. The molecule has 0 aromatic carbocycles. The minimum Gasteiger partial charge on any atom is -0.389 e. The summed E-state index contributed by atoms with van der Waals surface area (Å²) >= 11 is 0. The van der Waals surface area contributed by atoms with Crippen molar-refractivity contribution < 1.29 is 5.11 Å². The molecule has 4 saturated carbocycles. The number of hydrogen-bond acceptors (Lipinski definition) is 1. The zero-order valence-electron chi connectivity index (χ0n) is 20.6. The second-order valence-electron chi connectivity index (χ2n) is 12.6.